The fourth-order valence-corrected chi connectivity index (χ4v) is 3.51. The second-order valence-corrected chi connectivity index (χ2v) is 6.91. The van der Waals surface area contributed by atoms with Crippen LogP contribution >= 0.6 is 0 Å². The van der Waals surface area contributed by atoms with Gasteiger partial charge in [0.2, 0.25) is 0 Å². The average molecular weight is 393 g/mol. The standard InChI is InChI=1S/C22H23N3O4/c1-28-21(26)18-7-8-19-9-10-20(25(19)15-18)23-11-13-24(14-12-23)22(27)29-16-17-5-3-2-4-6-17/h2-10,15H,11-14,16H2,1H3. The van der Waals surface area contributed by atoms with Gasteiger partial charge in [-0.05, 0) is 29.8 Å². The minimum absolute atomic E-state index is 0.277. The Kier molecular flexibility index (Phi) is 5.37. The third-order valence-electron chi connectivity index (χ3n) is 5.12. The molecule has 150 valence electrons. The van der Waals surface area contributed by atoms with Gasteiger partial charge in [0, 0.05) is 37.9 Å². The van der Waals surface area contributed by atoms with Gasteiger partial charge >= 0.3 is 12.1 Å². The number of hydrogen-bond acceptors (Lipinski definition) is 5. The summed E-state index contributed by atoms with van der Waals surface area (Å²) in [6.45, 7) is 2.82. The quantitative estimate of drug-likeness (QED) is 0.637. The highest BCUT2D eigenvalue weighted by atomic mass is 16.6. The fourth-order valence-electron chi connectivity index (χ4n) is 3.51. The third kappa shape index (κ3) is 4.03. The maximum Gasteiger partial charge on any atom is 0.410 e. The summed E-state index contributed by atoms with van der Waals surface area (Å²) in [7, 11) is 1.37. The molecule has 3 aromatic rings. The van der Waals surface area contributed by atoms with E-state index in [-0.39, 0.29) is 18.7 Å². The maximum absolute atomic E-state index is 12.4. The number of carbonyl (C=O) groups is 2. The van der Waals surface area contributed by atoms with Crippen molar-refractivity contribution in [3.63, 3.8) is 0 Å². The van der Waals surface area contributed by atoms with E-state index in [0.29, 0.717) is 31.7 Å². The number of carbonyl (C=O) groups excluding carboxylic acids is 2. The lowest BCUT2D eigenvalue weighted by atomic mass is 10.2. The summed E-state index contributed by atoms with van der Waals surface area (Å²) in [5.74, 6) is 0.626. The van der Waals surface area contributed by atoms with Crippen LogP contribution in [0.5, 0.6) is 0 Å². The van der Waals surface area contributed by atoms with Gasteiger partial charge in [-0.3, -0.25) is 0 Å². The molecule has 0 radical (unpaired) electrons. The van der Waals surface area contributed by atoms with Crippen molar-refractivity contribution < 1.29 is 19.1 Å². The second-order valence-electron chi connectivity index (χ2n) is 6.91. The summed E-state index contributed by atoms with van der Waals surface area (Å²) in [5, 5.41) is 0. The van der Waals surface area contributed by atoms with Crippen molar-refractivity contribution in [2.75, 3.05) is 38.2 Å². The van der Waals surface area contributed by atoms with E-state index in [1.807, 2.05) is 52.9 Å². The van der Waals surface area contributed by atoms with Gasteiger partial charge in [-0.15, -0.1) is 0 Å². The maximum atomic E-state index is 12.4. The molecule has 1 aromatic carbocycles. The molecule has 3 heterocycles. The van der Waals surface area contributed by atoms with Gasteiger partial charge in [0.1, 0.15) is 12.4 Å². The minimum atomic E-state index is -0.363. The summed E-state index contributed by atoms with van der Waals surface area (Å²) in [6.07, 6.45) is 1.50. The molecule has 0 aliphatic carbocycles. The van der Waals surface area contributed by atoms with Crippen LogP contribution in [0.2, 0.25) is 0 Å². The lowest BCUT2D eigenvalue weighted by Gasteiger charge is -2.35. The molecule has 4 rings (SSSR count). The van der Waals surface area contributed by atoms with Crippen LogP contribution in [-0.4, -0.2) is 54.7 Å². The number of methoxy groups -OCH3 is 1. The molecule has 0 spiro atoms. The Morgan fingerprint density at radius 3 is 2.38 bits per heavy atom. The number of esters is 1. The Bertz CT molecular complexity index is 1010. The van der Waals surface area contributed by atoms with Crippen molar-refractivity contribution >= 4 is 23.4 Å². The molecule has 7 heteroatoms. The first-order valence-electron chi connectivity index (χ1n) is 9.56. The van der Waals surface area contributed by atoms with Crippen LogP contribution < -0.4 is 4.90 Å². The Labute approximate surface area is 169 Å². The number of hydrogen-bond donors (Lipinski definition) is 0. The number of benzene rings is 1. The zero-order valence-electron chi connectivity index (χ0n) is 16.3. The Balaban J connectivity index is 1.39. The number of amides is 1. The van der Waals surface area contributed by atoms with Gasteiger partial charge in [-0.25, -0.2) is 9.59 Å². The van der Waals surface area contributed by atoms with Crippen molar-refractivity contribution in [2.24, 2.45) is 0 Å². The SMILES string of the molecule is COC(=O)c1ccc2ccc(N3CCN(C(=O)OCc4ccccc4)CC3)n2c1. The van der Waals surface area contributed by atoms with Crippen LogP contribution in [0.15, 0.2) is 60.8 Å². The Morgan fingerprint density at radius 1 is 0.931 bits per heavy atom. The first-order chi connectivity index (χ1) is 14.2. The molecule has 29 heavy (non-hydrogen) atoms. The number of pyridine rings is 1. The Hall–Kier alpha value is -3.48. The molecule has 0 atom stereocenters. The van der Waals surface area contributed by atoms with Gasteiger partial charge in [0.25, 0.3) is 0 Å². The minimum Gasteiger partial charge on any atom is -0.465 e. The monoisotopic (exact) mass is 393 g/mol. The van der Waals surface area contributed by atoms with Crippen LogP contribution in [0.4, 0.5) is 10.6 Å². The van der Waals surface area contributed by atoms with Gasteiger partial charge in [0.15, 0.2) is 0 Å². The van der Waals surface area contributed by atoms with Gasteiger partial charge < -0.3 is 23.7 Å². The van der Waals surface area contributed by atoms with E-state index in [1.165, 1.54) is 7.11 Å². The number of piperazine rings is 1. The van der Waals surface area contributed by atoms with E-state index in [0.717, 1.165) is 16.9 Å². The lowest BCUT2D eigenvalue weighted by Crippen LogP contribution is -2.49. The van der Waals surface area contributed by atoms with Crippen LogP contribution in [-0.2, 0) is 16.1 Å². The molecule has 7 nitrogen and oxygen atoms in total. The van der Waals surface area contributed by atoms with Crippen molar-refractivity contribution in [3.8, 4) is 0 Å². The van der Waals surface area contributed by atoms with Gasteiger partial charge in [-0.2, -0.15) is 0 Å². The van der Waals surface area contributed by atoms with E-state index in [9.17, 15) is 9.59 Å². The number of aromatic nitrogens is 1. The predicted molar refractivity (Wildman–Crippen MR) is 109 cm³/mol. The van der Waals surface area contributed by atoms with Crippen molar-refractivity contribution in [1.29, 1.82) is 0 Å². The third-order valence-corrected chi connectivity index (χ3v) is 5.12. The Morgan fingerprint density at radius 2 is 1.66 bits per heavy atom. The highest BCUT2D eigenvalue weighted by Gasteiger charge is 2.24. The number of nitrogens with zero attached hydrogens (tertiary/aromatic N) is 3. The molecule has 1 fully saturated rings. The van der Waals surface area contributed by atoms with Gasteiger partial charge in [-0.1, -0.05) is 30.3 Å². The number of rotatable bonds is 4. The van der Waals surface area contributed by atoms with E-state index < -0.39 is 0 Å². The van der Waals surface area contributed by atoms with Crippen LogP contribution in [0.3, 0.4) is 0 Å². The number of fused-ring (bicyclic) bond motifs is 1. The zero-order valence-corrected chi connectivity index (χ0v) is 16.3. The first kappa shape index (κ1) is 18.9. The summed E-state index contributed by atoms with van der Waals surface area (Å²) < 4.78 is 12.2. The van der Waals surface area contributed by atoms with Crippen molar-refractivity contribution in [2.45, 2.75) is 6.61 Å². The molecule has 1 amide bonds. The molecular formula is C22H23N3O4. The molecular weight excluding hydrogens is 370 g/mol. The summed E-state index contributed by atoms with van der Waals surface area (Å²) in [4.78, 5) is 28.1. The molecule has 1 saturated heterocycles. The van der Waals surface area contributed by atoms with Crippen molar-refractivity contribution in [1.82, 2.24) is 9.30 Å². The normalized spacial score (nSPS) is 14.1. The highest BCUT2D eigenvalue weighted by Crippen LogP contribution is 2.22. The fraction of sp³-hybridized carbons (Fsp3) is 0.273. The number of anilines is 1. The van der Waals surface area contributed by atoms with Crippen LogP contribution in [0.1, 0.15) is 15.9 Å². The van der Waals surface area contributed by atoms with E-state index >= 15 is 0 Å². The van der Waals surface area contributed by atoms with Gasteiger partial charge in [0.05, 0.1) is 12.7 Å². The number of ether oxygens (including phenoxy) is 2. The smallest absolute Gasteiger partial charge is 0.410 e. The molecule has 1 aliphatic heterocycles. The zero-order chi connectivity index (χ0) is 20.2. The average Bonchev–Trinajstić information content (AvgIpc) is 3.21. The second kappa shape index (κ2) is 8.26. The summed E-state index contributed by atoms with van der Waals surface area (Å²) in [6, 6.07) is 17.3. The lowest BCUT2D eigenvalue weighted by molar-refractivity contribution is 0.0600. The molecule has 2 aromatic heterocycles. The molecule has 1 aliphatic rings. The van der Waals surface area contributed by atoms with E-state index in [4.69, 9.17) is 9.47 Å². The molecule has 0 unspecified atom stereocenters. The topological polar surface area (TPSA) is 63.5 Å². The van der Waals surface area contributed by atoms with Crippen LogP contribution in [0, 0.1) is 0 Å². The summed E-state index contributed by atoms with van der Waals surface area (Å²) >= 11 is 0. The largest absolute Gasteiger partial charge is 0.465 e. The molecule has 0 N–H and O–H groups in total. The van der Waals surface area contributed by atoms with E-state index in [2.05, 4.69) is 4.90 Å². The highest BCUT2D eigenvalue weighted by molar-refractivity contribution is 5.89. The van der Waals surface area contributed by atoms with Crippen LogP contribution in [0.25, 0.3) is 5.52 Å². The first-order valence-corrected chi connectivity index (χ1v) is 9.56. The van der Waals surface area contributed by atoms with Crippen molar-refractivity contribution in [3.05, 3.63) is 71.9 Å². The predicted octanol–water partition coefficient (Wildman–Crippen LogP) is 3.18. The van der Waals surface area contributed by atoms with E-state index in [1.54, 1.807) is 17.2 Å². The molecule has 0 saturated carbocycles. The summed E-state index contributed by atoms with van der Waals surface area (Å²) in [5.41, 5.74) is 2.47. The molecule has 0 bridgehead atoms.